The van der Waals surface area contributed by atoms with Gasteiger partial charge >= 0.3 is 0 Å². The van der Waals surface area contributed by atoms with E-state index in [9.17, 15) is 0 Å². The second-order valence-electron chi connectivity index (χ2n) is 6.50. The number of hydrogen-bond acceptors (Lipinski definition) is 2. The standard InChI is InChI=1S/C19H24ClNO/c1-14-6-8-15(9-7-14)12-21-13-16-10-11-19(22-16)17-4-2-3-5-18(17)20/h2-5,10-11,14-15,21H,6-9,12-13H2,1H3. The minimum atomic E-state index is 0.729. The van der Waals surface area contributed by atoms with E-state index in [-0.39, 0.29) is 0 Å². The van der Waals surface area contributed by atoms with E-state index in [1.54, 1.807) is 0 Å². The van der Waals surface area contributed by atoms with Gasteiger partial charge in [-0.1, -0.05) is 43.5 Å². The minimum absolute atomic E-state index is 0.729. The predicted octanol–water partition coefficient (Wildman–Crippen LogP) is 5.52. The lowest BCUT2D eigenvalue weighted by Crippen LogP contribution is -2.25. The van der Waals surface area contributed by atoms with E-state index >= 15 is 0 Å². The average Bonchev–Trinajstić information content (AvgIpc) is 2.98. The van der Waals surface area contributed by atoms with Gasteiger partial charge in [0.2, 0.25) is 0 Å². The third kappa shape index (κ3) is 3.93. The van der Waals surface area contributed by atoms with Crippen molar-refractivity contribution < 1.29 is 4.42 Å². The first-order chi connectivity index (χ1) is 10.7. The second kappa shape index (κ2) is 7.34. The van der Waals surface area contributed by atoms with Gasteiger partial charge in [-0.3, -0.25) is 0 Å². The molecule has 1 saturated carbocycles. The Labute approximate surface area is 137 Å². The first kappa shape index (κ1) is 15.6. The molecule has 1 heterocycles. The van der Waals surface area contributed by atoms with Crippen LogP contribution in [0.25, 0.3) is 11.3 Å². The van der Waals surface area contributed by atoms with Crippen LogP contribution in [0.1, 0.15) is 38.4 Å². The van der Waals surface area contributed by atoms with Gasteiger partial charge in [0.25, 0.3) is 0 Å². The second-order valence-corrected chi connectivity index (χ2v) is 6.91. The molecule has 1 fully saturated rings. The SMILES string of the molecule is CC1CCC(CNCc2ccc(-c3ccccc3Cl)o2)CC1. The summed E-state index contributed by atoms with van der Waals surface area (Å²) in [5.41, 5.74) is 0.955. The van der Waals surface area contributed by atoms with Gasteiger partial charge in [-0.2, -0.15) is 0 Å². The zero-order valence-corrected chi connectivity index (χ0v) is 13.9. The van der Waals surface area contributed by atoms with Crippen LogP contribution in [0, 0.1) is 11.8 Å². The van der Waals surface area contributed by atoms with E-state index in [2.05, 4.69) is 12.2 Å². The molecule has 0 unspecified atom stereocenters. The number of nitrogens with one attached hydrogen (secondary N) is 1. The van der Waals surface area contributed by atoms with Gasteiger partial charge in [0.05, 0.1) is 11.6 Å². The Hall–Kier alpha value is -1.25. The first-order valence-corrected chi connectivity index (χ1v) is 8.64. The summed E-state index contributed by atoms with van der Waals surface area (Å²) >= 11 is 6.21. The molecule has 3 heteroatoms. The number of hydrogen-bond donors (Lipinski definition) is 1. The zero-order valence-electron chi connectivity index (χ0n) is 13.1. The smallest absolute Gasteiger partial charge is 0.135 e. The van der Waals surface area contributed by atoms with Crippen molar-refractivity contribution >= 4 is 11.6 Å². The molecular formula is C19H24ClNO. The van der Waals surface area contributed by atoms with Crippen LogP contribution >= 0.6 is 11.6 Å². The largest absolute Gasteiger partial charge is 0.460 e. The van der Waals surface area contributed by atoms with Gasteiger partial charge in [-0.25, -0.2) is 0 Å². The topological polar surface area (TPSA) is 25.2 Å². The maximum atomic E-state index is 6.21. The Balaban J connectivity index is 1.51. The van der Waals surface area contributed by atoms with Crippen LogP contribution in [0.5, 0.6) is 0 Å². The van der Waals surface area contributed by atoms with Gasteiger partial charge in [0.1, 0.15) is 11.5 Å². The lowest BCUT2D eigenvalue weighted by Gasteiger charge is -2.26. The summed E-state index contributed by atoms with van der Waals surface area (Å²) in [6.07, 6.45) is 5.47. The van der Waals surface area contributed by atoms with Crippen LogP contribution in [-0.2, 0) is 6.54 Å². The van der Waals surface area contributed by atoms with Crippen molar-refractivity contribution in [3.8, 4) is 11.3 Å². The Morgan fingerprint density at radius 3 is 2.64 bits per heavy atom. The van der Waals surface area contributed by atoms with Crippen LogP contribution in [-0.4, -0.2) is 6.54 Å². The molecule has 0 bridgehead atoms. The summed E-state index contributed by atoms with van der Waals surface area (Å²) in [5, 5.41) is 4.27. The lowest BCUT2D eigenvalue weighted by molar-refractivity contribution is 0.279. The highest BCUT2D eigenvalue weighted by Gasteiger charge is 2.17. The average molecular weight is 318 g/mol. The van der Waals surface area contributed by atoms with Crippen LogP contribution < -0.4 is 5.32 Å². The summed E-state index contributed by atoms with van der Waals surface area (Å²) in [6, 6.07) is 11.8. The van der Waals surface area contributed by atoms with E-state index in [1.165, 1.54) is 25.7 Å². The normalized spacial score (nSPS) is 21.9. The molecule has 1 N–H and O–H groups in total. The highest BCUT2D eigenvalue weighted by Crippen LogP contribution is 2.29. The molecule has 0 radical (unpaired) electrons. The third-order valence-corrected chi connectivity index (χ3v) is 5.00. The summed E-state index contributed by atoms with van der Waals surface area (Å²) in [6.45, 7) is 4.24. The molecule has 0 atom stereocenters. The molecule has 22 heavy (non-hydrogen) atoms. The quantitative estimate of drug-likeness (QED) is 0.786. The van der Waals surface area contributed by atoms with E-state index in [4.69, 9.17) is 16.0 Å². The maximum Gasteiger partial charge on any atom is 0.135 e. The van der Waals surface area contributed by atoms with E-state index in [0.717, 1.165) is 47.0 Å². The van der Waals surface area contributed by atoms with Crippen LogP contribution in [0.4, 0.5) is 0 Å². The Morgan fingerprint density at radius 1 is 1.09 bits per heavy atom. The molecule has 1 aliphatic carbocycles. The molecule has 1 aromatic carbocycles. The fourth-order valence-electron chi connectivity index (χ4n) is 3.21. The molecule has 1 aliphatic rings. The summed E-state index contributed by atoms with van der Waals surface area (Å²) in [5.74, 6) is 3.56. The highest BCUT2D eigenvalue weighted by molar-refractivity contribution is 6.33. The van der Waals surface area contributed by atoms with E-state index in [1.807, 2.05) is 36.4 Å². The molecule has 0 spiro atoms. The van der Waals surface area contributed by atoms with Crippen molar-refractivity contribution in [2.24, 2.45) is 11.8 Å². The lowest BCUT2D eigenvalue weighted by atomic mass is 9.83. The number of rotatable bonds is 5. The molecule has 3 rings (SSSR count). The highest BCUT2D eigenvalue weighted by atomic mass is 35.5. The van der Waals surface area contributed by atoms with Crippen molar-refractivity contribution in [2.75, 3.05) is 6.54 Å². The van der Waals surface area contributed by atoms with Crippen molar-refractivity contribution in [2.45, 2.75) is 39.2 Å². The Morgan fingerprint density at radius 2 is 1.86 bits per heavy atom. The Kier molecular flexibility index (Phi) is 5.22. The summed E-state index contributed by atoms with van der Waals surface area (Å²) in [4.78, 5) is 0. The molecule has 2 aromatic rings. The number of halogens is 1. The van der Waals surface area contributed by atoms with Gasteiger partial charge in [0.15, 0.2) is 0 Å². The summed E-state index contributed by atoms with van der Waals surface area (Å²) < 4.78 is 5.91. The maximum absolute atomic E-state index is 6.21. The fraction of sp³-hybridized carbons (Fsp3) is 0.474. The zero-order chi connectivity index (χ0) is 15.4. The van der Waals surface area contributed by atoms with E-state index < -0.39 is 0 Å². The molecule has 0 aliphatic heterocycles. The molecular weight excluding hydrogens is 294 g/mol. The van der Waals surface area contributed by atoms with Crippen molar-refractivity contribution in [3.63, 3.8) is 0 Å². The molecule has 0 saturated heterocycles. The molecule has 118 valence electrons. The van der Waals surface area contributed by atoms with Crippen LogP contribution in [0.15, 0.2) is 40.8 Å². The Bertz CT molecular complexity index is 599. The molecule has 0 amide bonds. The van der Waals surface area contributed by atoms with Crippen molar-refractivity contribution in [1.29, 1.82) is 0 Å². The monoisotopic (exact) mass is 317 g/mol. The molecule has 2 nitrogen and oxygen atoms in total. The van der Waals surface area contributed by atoms with Gasteiger partial charge in [-0.15, -0.1) is 0 Å². The van der Waals surface area contributed by atoms with Gasteiger partial charge in [-0.05, 0) is 55.5 Å². The number of furan rings is 1. The van der Waals surface area contributed by atoms with Crippen molar-refractivity contribution in [3.05, 3.63) is 47.2 Å². The fourth-order valence-corrected chi connectivity index (χ4v) is 3.44. The summed E-state index contributed by atoms with van der Waals surface area (Å²) in [7, 11) is 0. The van der Waals surface area contributed by atoms with E-state index in [0.29, 0.717) is 0 Å². The predicted molar refractivity (Wildman–Crippen MR) is 92.0 cm³/mol. The van der Waals surface area contributed by atoms with Crippen LogP contribution in [0.2, 0.25) is 5.02 Å². The molecule has 1 aromatic heterocycles. The van der Waals surface area contributed by atoms with Crippen LogP contribution in [0.3, 0.4) is 0 Å². The first-order valence-electron chi connectivity index (χ1n) is 8.26. The van der Waals surface area contributed by atoms with Gasteiger partial charge < -0.3 is 9.73 Å². The van der Waals surface area contributed by atoms with Crippen molar-refractivity contribution in [1.82, 2.24) is 5.32 Å². The van der Waals surface area contributed by atoms with Gasteiger partial charge in [0, 0.05) is 5.56 Å². The third-order valence-electron chi connectivity index (χ3n) is 4.67. The minimum Gasteiger partial charge on any atom is -0.460 e. The number of benzene rings is 1.